The van der Waals surface area contributed by atoms with Gasteiger partial charge in [0.25, 0.3) is 5.91 Å². The van der Waals surface area contributed by atoms with E-state index in [2.05, 4.69) is 15.2 Å². The van der Waals surface area contributed by atoms with Gasteiger partial charge < -0.3 is 10.2 Å². The van der Waals surface area contributed by atoms with Crippen molar-refractivity contribution in [1.82, 2.24) is 20.1 Å². The molecule has 0 radical (unpaired) electrons. The number of pyridine rings is 1. The van der Waals surface area contributed by atoms with Crippen LogP contribution in [0.5, 0.6) is 0 Å². The van der Waals surface area contributed by atoms with E-state index in [0.29, 0.717) is 44.8 Å². The number of nitrogens with zero attached hydrogens (tertiary/aromatic N) is 3. The van der Waals surface area contributed by atoms with Crippen LogP contribution in [0.4, 0.5) is 0 Å². The molecule has 0 bridgehead atoms. The number of hydrogen-bond donors (Lipinski definition) is 1. The maximum absolute atomic E-state index is 12.4. The van der Waals surface area contributed by atoms with E-state index in [-0.39, 0.29) is 11.8 Å². The average Bonchev–Trinajstić information content (AvgIpc) is 2.68. The second-order valence-corrected chi connectivity index (χ2v) is 6.07. The Morgan fingerprint density at radius 1 is 0.960 bits per heavy atom. The SMILES string of the molecule is O=C(CN1CCN(C(=O)c2ccncc2)CC1)NCc1ccccc1. The highest BCUT2D eigenvalue weighted by Gasteiger charge is 2.23. The topological polar surface area (TPSA) is 65.5 Å². The molecular weight excluding hydrogens is 316 g/mol. The number of benzene rings is 1. The Hall–Kier alpha value is -2.73. The minimum absolute atomic E-state index is 0.0118. The summed E-state index contributed by atoms with van der Waals surface area (Å²) in [6.45, 7) is 3.58. The van der Waals surface area contributed by atoms with Crippen LogP contribution in [0.25, 0.3) is 0 Å². The van der Waals surface area contributed by atoms with E-state index in [0.717, 1.165) is 5.56 Å². The van der Waals surface area contributed by atoms with E-state index in [4.69, 9.17) is 0 Å². The lowest BCUT2D eigenvalue weighted by Crippen LogP contribution is -2.51. The first-order valence-corrected chi connectivity index (χ1v) is 8.44. The van der Waals surface area contributed by atoms with Crippen molar-refractivity contribution in [3.05, 3.63) is 66.0 Å². The summed E-state index contributed by atoms with van der Waals surface area (Å²) < 4.78 is 0. The van der Waals surface area contributed by atoms with Crippen molar-refractivity contribution in [3.8, 4) is 0 Å². The van der Waals surface area contributed by atoms with E-state index >= 15 is 0 Å². The second kappa shape index (κ2) is 8.39. The van der Waals surface area contributed by atoms with E-state index in [1.54, 1.807) is 24.5 Å². The molecule has 0 aliphatic carbocycles. The maximum Gasteiger partial charge on any atom is 0.254 e. The van der Waals surface area contributed by atoms with Crippen LogP contribution >= 0.6 is 0 Å². The number of piperazine rings is 1. The van der Waals surface area contributed by atoms with Gasteiger partial charge >= 0.3 is 0 Å². The molecule has 1 fully saturated rings. The van der Waals surface area contributed by atoms with E-state index in [1.807, 2.05) is 35.2 Å². The number of nitrogens with one attached hydrogen (secondary N) is 1. The van der Waals surface area contributed by atoms with Gasteiger partial charge in [0, 0.05) is 50.7 Å². The number of amides is 2. The summed E-state index contributed by atoms with van der Waals surface area (Å²) >= 11 is 0. The third kappa shape index (κ3) is 4.87. The first-order chi connectivity index (χ1) is 12.2. The normalized spacial score (nSPS) is 15.0. The third-order valence-corrected chi connectivity index (χ3v) is 4.29. The Kier molecular flexibility index (Phi) is 5.74. The first-order valence-electron chi connectivity index (χ1n) is 8.44. The Morgan fingerprint density at radius 3 is 2.32 bits per heavy atom. The molecule has 25 heavy (non-hydrogen) atoms. The molecule has 3 rings (SSSR count). The molecule has 130 valence electrons. The number of rotatable bonds is 5. The first kappa shape index (κ1) is 17.1. The van der Waals surface area contributed by atoms with Gasteiger partial charge in [0.2, 0.25) is 5.91 Å². The fourth-order valence-electron chi connectivity index (χ4n) is 2.84. The molecule has 1 saturated heterocycles. The highest BCUT2D eigenvalue weighted by Crippen LogP contribution is 2.08. The summed E-state index contributed by atoms with van der Waals surface area (Å²) in [6, 6.07) is 13.3. The smallest absolute Gasteiger partial charge is 0.254 e. The molecule has 2 aromatic rings. The van der Waals surface area contributed by atoms with Gasteiger partial charge in [0.15, 0.2) is 0 Å². The lowest BCUT2D eigenvalue weighted by atomic mass is 10.2. The van der Waals surface area contributed by atoms with Crippen molar-refractivity contribution in [2.45, 2.75) is 6.54 Å². The standard InChI is InChI=1S/C19H22N4O2/c24-18(21-14-16-4-2-1-3-5-16)15-22-10-12-23(13-11-22)19(25)17-6-8-20-9-7-17/h1-9H,10-15H2,(H,21,24). The van der Waals surface area contributed by atoms with Crippen molar-refractivity contribution >= 4 is 11.8 Å². The van der Waals surface area contributed by atoms with Crippen LogP contribution in [0.3, 0.4) is 0 Å². The van der Waals surface area contributed by atoms with Gasteiger partial charge in [-0.1, -0.05) is 30.3 Å². The molecule has 1 aromatic carbocycles. The van der Waals surface area contributed by atoms with E-state index < -0.39 is 0 Å². The van der Waals surface area contributed by atoms with Crippen LogP contribution < -0.4 is 5.32 Å². The van der Waals surface area contributed by atoms with Crippen molar-refractivity contribution in [1.29, 1.82) is 0 Å². The van der Waals surface area contributed by atoms with Crippen LogP contribution in [0.1, 0.15) is 15.9 Å². The molecule has 1 N–H and O–H groups in total. The van der Waals surface area contributed by atoms with Crippen molar-refractivity contribution < 1.29 is 9.59 Å². The quantitative estimate of drug-likeness (QED) is 0.888. The largest absolute Gasteiger partial charge is 0.351 e. The molecule has 1 aliphatic rings. The van der Waals surface area contributed by atoms with Gasteiger partial charge in [-0.25, -0.2) is 0 Å². The van der Waals surface area contributed by atoms with Gasteiger partial charge in [0.05, 0.1) is 6.54 Å². The van der Waals surface area contributed by atoms with Crippen LogP contribution in [-0.4, -0.2) is 59.3 Å². The van der Waals surface area contributed by atoms with Gasteiger partial charge in [-0.3, -0.25) is 19.5 Å². The predicted molar refractivity (Wildman–Crippen MR) is 94.9 cm³/mol. The predicted octanol–water partition coefficient (Wildman–Crippen LogP) is 1.16. The lowest BCUT2D eigenvalue weighted by Gasteiger charge is -2.34. The average molecular weight is 338 g/mol. The number of carbonyl (C=O) groups excluding carboxylic acids is 2. The summed E-state index contributed by atoms with van der Waals surface area (Å²) in [6.07, 6.45) is 3.25. The third-order valence-electron chi connectivity index (χ3n) is 4.29. The Bertz CT molecular complexity index is 698. The molecule has 0 atom stereocenters. The van der Waals surface area contributed by atoms with E-state index in [1.165, 1.54) is 0 Å². The van der Waals surface area contributed by atoms with Crippen LogP contribution in [0.2, 0.25) is 0 Å². The number of carbonyl (C=O) groups is 2. The van der Waals surface area contributed by atoms with Crippen molar-refractivity contribution in [2.24, 2.45) is 0 Å². The summed E-state index contributed by atoms with van der Waals surface area (Å²) in [5.74, 6) is 0.0355. The van der Waals surface area contributed by atoms with Crippen LogP contribution in [0.15, 0.2) is 54.9 Å². The molecule has 1 aliphatic heterocycles. The second-order valence-electron chi connectivity index (χ2n) is 6.07. The highest BCUT2D eigenvalue weighted by atomic mass is 16.2. The zero-order chi connectivity index (χ0) is 17.5. The van der Waals surface area contributed by atoms with Gasteiger partial charge in [-0.2, -0.15) is 0 Å². The fourth-order valence-corrected chi connectivity index (χ4v) is 2.84. The van der Waals surface area contributed by atoms with Gasteiger partial charge in [0.1, 0.15) is 0 Å². The summed E-state index contributed by atoms with van der Waals surface area (Å²) in [5.41, 5.74) is 1.74. The Balaban J connectivity index is 1.41. The Morgan fingerprint density at radius 2 is 1.64 bits per heavy atom. The lowest BCUT2D eigenvalue weighted by molar-refractivity contribution is -0.122. The molecule has 2 heterocycles. The molecule has 0 unspecified atom stereocenters. The summed E-state index contributed by atoms with van der Waals surface area (Å²) in [5, 5.41) is 2.94. The van der Waals surface area contributed by atoms with E-state index in [9.17, 15) is 9.59 Å². The minimum Gasteiger partial charge on any atom is -0.351 e. The maximum atomic E-state index is 12.4. The fraction of sp³-hybridized carbons (Fsp3) is 0.316. The highest BCUT2D eigenvalue weighted by molar-refractivity contribution is 5.94. The molecular formula is C19H22N4O2. The molecule has 6 heteroatoms. The molecule has 2 amide bonds. The Labute approximate surface area is 147 Å². The molecule has 1 aromatic heterocycles. The summed E-state index contributed by atoms with van der Waals surface area (Å²) in [4.78, 5) is 32.3. The van der Waals surface area contributed by atoms with Crippen molar-refractivity contribution in [2.75, 3.05) is 32.7 Å². The molecule has 6 nitrogen and oxygen atoms in total. The number of hydrogen-bond acceptors (Lipinski definition) is 4. The van der Waals surface area contributed by atoms with Gasteiger partial charge in [-0.15, -0.1) is 0 Å². The zero-order valence-corrected chi connectivity index (χ0v) is 14.1. The minimum atomic E-state index is 0.0118. The molecule has 0 spiro atoms. The van der Waals surface area contributed by atoms with Gasteiger partial charge in [-0.05, 0) is 17.7 Å². The zero-order valence-electron chi connectivity index (χ0n) is 14.1. The van der Waals surface area contributed by atoms with Crippen molar-refractivity contribution in [3.63, 3.8) is 0 Å². The monoisotopic (exact) mass is 338 g/mol. The van der Waals surface area contributed by atoms with Crippen LogP contribution in [0, 0.1) is 0 Å². The van der Waals surface area contributed by atoms with Crippen LogP contribution in [-0.2, 0) is 11.3 Å². The number of aromatic nitrogens is 1. The molecule has 0 saturated carbocycles. The summed E-state index contributed by atoms with van der Waals surface area (Å²) in [7, 11) is 0.